The van der Waals surface area contributed by atoms with Crippen LogP contribution in [0.1, 0.15) is 47.2 Å². The van der Waals surface area contributed by atoms with Crippen LogP contribution in [-0.4, -0.2) is 43.2 Å². The maximum Gasteiger partial charge on any atom is 0.251 e. The highest BCUT2D eigenvalue weighted by Gasteiger charge is 2.20. The van der Waals surface area contributed by atoms with Gasteiger partial charge in [0.15, 0.2) is 0 Å². The second kappa shape index (κ2) is 10.0. The average molecular weight is 393 g/mol. The average Bonchev–Trinajstić information content (AvgIpc) is 3.28. The molecule has 0 radical (unpaired) electrons. The number of piperidine rings is 1. The van der Waals surface area contributed by atoms with Crippen LogP contribution in [0.15, 0.2) is 54.6 Å². The third-order valence-corrected chi connectivity index (χ3v) is 6.21. The molecule has 2 aromatic rings. The van der Waals surface area contributed by atoms with Gasteiger partial charge in [0, 0.05) is 25.3 Å². The molecular formula is C25H32N2O2. The Balaban J connectivity index is 1.20. The Labute approximate surface area is 174 Å². The maximum absolute atomic E-state index is 12.3. The zero-order chi connectivity index (χ0) is 19.9. The lowest BCUT2D eigenvalue weighted by Gasteiger charge is -2.32. The molecule has 0 aliphatic carbocycles. The van der Waals surface area contributed by atoms with Crippen molar-refractivity contribution in [3.05, 3.63) is 71.3 Å². The lowest BCUT2D eigenvalue weighted by atomic mass is 9.90. The third kappa shape index (κ3) is 5.91. The lowest BCUT2D eigenvalue weighted by molar-refractivity contribution is 0.0857. The van der Waals surface area contributed by atoms with Crippen molar-refractivity contribution < 1.29 is 9.53 Å². The van der Waals surface area contributed by atoms with E-state index in [1.807, 2.05) is 12.1 Å². The molecule has 2 aliphatic rings. The first-order chi connectivity index (χ1) is 14.3. The van der Waals surface area contributed by atoms with E-state index in [9.17, 15) is 4.79 Å². The number of amides is 1. The minimum atomic E-state index is -0.00576. The van der Waals surface area contributed by atoms with Gasteiger partial charge in [0.05, 0.1) is 6.10 Å². The number of benzene rings is 2. The predicted octanol–water partition coefficient (Wildman–Crippen LogP) is 4.05. The van der Waals surface area contributed by atoms with Crippen molar-refractivity contribution in [1.82, 2.24) is 10.2 Å². The van der Waals surface area contributed by atoms with Crippen LogP contribution in [0.3, 0.4) is 0 Å². The summed E-state index contributed by atoms with van der Waals surface area (Å²) in [6.07, 6.45) is 6.05. The van der Waals surface area contributed by atoms with E-state index in [0.717, 1.165) is 50.6 Å². The zero-order valence-corrected chi connectivity index (χ0v) is 17.2. The molecule has 0 unspecified atom stereocenters. The van der Waals surface area contributed by atoms with Gasteiger partial charge in [-0.2, -0.15) is 0 Å². The SMILES string of the molecule is O=C(NC[C@H]1CCCO1)c1ccc(CN2CCC(Cc3ccccc3)CC2)cc1. The number of carbonyl (C=O) groups is 1. The van der Waals surface area contributed by atoms with E-state index in [-0.39, 0.29) is 12.0 Å². The molecule has 4 rings (SSSR count). The molecule has 1 amide bonds. The third-order valence-electron chi connectivity index (χ3n) is 6.21. The van der Waals surface area contributed by atoms with E-state index >= 15 is 0 Å². The van der Waals surface area contributed by atoms with Crippen molar-refractivity contribution in [3.8, 4) is 0 Å². The highest BCUT2D eigenvalue weighted by atomic mass is 16.5. The molecule has 2 fully saturated rings. The van der Waals surface area contributed by atoms with Gasteiger partial charge in [0.2, 0.25) is 0 Å². The Morgan fingerprint density at radius 3 is 2.41 bits per heavy atom. The lowest BCUT2D eigenvalue weighted by Crippen LogP contribution is -2.34. The molecular weight excluding hydrogens is 360 g/mol. The molecule has 2 aromatic carbocycles. The fourth-order valence-corrected chi connectivity index (χ4v) is 4.43. The summed E-state index contributed by atoms with van der Waals surface area (Å²) < 4.78 is 5.56. The fourth-order valence-electron chi connectivity index (χ4n) is 4.43. The first-order valence-electron chi connectivity index (χ1n) is 11.0. The zero-order valence-electron chi connectivity index (χ0n) is 17.2. The molecule has 0 spiro atoms. The summed E-state index contributed by atoms with van der Waals surface area (Å²) in [5.41, 5.74) is 3.47. The maximum atomic E-state index is 12.3. The summed E-state index contributed by atoms with van der Waals surface area (Å²) in [4.78, 5) is 14.8. The molecule has 4 heteroatoms. The van der Waals surface area contributed by atoms with Crippen molar-refractivity contribution in [1.29, 1.82) is 0 Å². The van der Waals surface area contributed by atoms with Crippen molar-refractivity contribution in [2.45, 2.75) is 44.8 Å². The van der Waals surface area contributed by atoms with Crippen molar-refractivity contribution in [3.63, 3.8) is 0 Å². The van der Waals surface area contributed by atoms with Gasteiger partial charge < -0.3 is 10.1 Å². The normalized spacial score (nSPS) is 20.6. The molecule has 1 atom stereocenters. The molecule has 2 saturated heterocycles. The van der Waals surface area contributed by atoms with Gasteiger partial charge in [0.25, 0.3) is 5.91 Å². The standard InChI is InChI=1S/C25H32N2O2/c28-25(26-18-24-7-4-16-29-24)23-10-8-22(9-11-23)19-27-14-12-21(13-15-27)17-20-5-2-1-3-6-20/h1-3,5-6,8-11,21,24H,4,7,12-19H2,(H,26,28)/t24-/m1/s1. The Kier molecular flexibility index (Phi) is 6.96. The monoisotopic (exact) mass is 392 g/mol. The number of hydrogen-bond acceptors (Lipinski definition) is 3. The van der Waals surface area contributed by atoms with Crippen LogP contribution in [0.25, 0.3) is 0 Å². The Morgan fingerprint density at radius 1 is 0.966 bits per heavy atom. The number of hydrogen-bond donors (Lipinski definition) is 1. The minimum absolute atomic E-state index is 0.00576. The molecule has 0 saturated carbocycles. The fraction of sp³-hybridized carbons (Fsp3) is 0.480. The first kappa shape index (κ1) is 20.1. The summed E-state index contributed by atoms with van der Waals surface area (Å²) in [6.45, 7) is 4.70. The quantitative estimate of drug-likeness (QED) is 0.773. The first-order valence-corrected chi connectivity index (χ1v) is 11.0. The molecule has 0 aromatic heterocycles. The van der Waals surface area contributed by atoms with Gasteiger partial charge in [-0.1, -0.05) is 42.5 Å². The predicted molar refractivity (Wildman–Crippen MR) is 116 cm³/mol. The highest BCUT2D eigenvalue weighted by molar-refractivity contribution is 5.94. The van der Waals surface area contributed by atoms with Crippen LogP contribution in [0, 0.1) is 5.92 Å². The van der Waals surface area contributed by atoms with Crippen LogP contribution >= 0.6 is 0 Å². The number of nitrogens with one attached hydrogen (secondary N) is 1. The summed E-state index contributed by atoms with van der Waals surface area (Å²) in [6, 6.07) is 18.9. The van der Waals surface area contributed by atoms with E-state index in [0.29, 0.717) is 6.54 Å². The number of rotatable bonds is 7. The molecule has 154 valence electrons. The molecule has 0 bridgehead atoms. The molecule has 29 heavy (non-hydrogen) atoms. The smallest absolute Gasteiger partial charge is 0.251 e. The van der Waals surface area contributed by atoms with Gasteiger partial charge in [0.1, 0.15) is 0 Å². The number of nitrogens with zero attached hydrogens (tertiary/aromatic N) is 1. The van der Waals surface area contributed by atoms with Crippen LogP contribution in [0.4, 0.5) is 0 Å². The van der Waals surface area contributed by atoms with Gasteiger partial charge in [-0.25, -0.2) is 0 Å². The van der Waals surface area contributed by atoms with Crippen LogP contribution in [0.2, 0.25) is 0 Å². The summed E-state index contributed by atoms with van der Waals surface area (Å²) >= 11 is 0. The second-order valence-corrected chi connectivity index (χ2v) is 8.45. The molecule has 4 nitrogen and oxygen atoms in total. The minimum Gasteiger partial charge on any atom is -0.376 e. The molecule has 2 aliphatic heterocycles. The highest BCUT2D eigenvalue weighted by Crippen LogP contribution is 2.23. The van der Waals surface area contributed by atoms with E-state index < -0.39 is 0 Å². The molecule has 1 N–H and O–H groups in total. The topological polar surface area (TPSA) is 41.6 Å². The second-order valence-electron chi connectivity index (χ2n) is 8.45. The van der Waals surface area contributed by atoms with Crippen molar-refractivity contribution in [2.75, 3.05) is 26.2 Å². The number of carbonyl (C=O) groups excluding carboxylic acids is 1. The van der Waals surface area contributed by atoms with Crippen LogP contribution in [-0.2, 0) is 17.7 Å². The van der Waals surface area contributed by atoms with Crippen molar-refractivity contribution >= 4 is 5.91 Å². The van der Waals surface area contributed by atoms with E-state index in [1.165, 1.54) is 30.4 Å². The Morgan fingerprint density at radius 2 is 1.72 bits per heavy atom. The van der Waals surface area contributed by atoms with Gasteiger partial charge >= 0.3 is 0 Å². The molecule has 2 heterocycles. The Bertz CT molecular complexity index is 761. The summed E-state index contributed by atoms with van der Waals surface area (Å²) in [7, 11) is 0. The van der Waals surface area contributed by atoms with Crippen LogP contribution < -0.4 is 5.32 Å². The number of likely N-dealkylation sites (tertiary alicyclic amines) is 1. The van der Waals surface area contributed by atoms with Gasteiger partial charge in [-0.15, -0.1) is 0 Å². The summed E-state index contributed by atoms with van der Waals surface area (Å²) in [5, 5.41) is 2.99. The van der Waals surface area contributed by atoms with E-state index in [4.69, 9.17) is 4.74 Å². The Hall–Kier alpha value is -2.17. The van der Waals surface area contributed by atoms with Crippen molar-refractivity contribution in [2.24, 2.45) is 5.92 Å². The number of ether oxygens (including phenoxy) is 1. The van der Waals surface area contributed by atoms with Gasteiger partial charge in [-0.05, 0) is 74.4 Å². The van der Waals surface area contributed by atoms with E-state index in [1.54, 1.807) is 0 Å². The van der Waals surface area contributed by atoms with Crippen LogP contribution in [0.5, 0.6) is 0 Å². The van der Waals surface area contributed by atoms with Gasteiger partial charge in [-0.3, -0.25) is 9.69 Å². The largest absolute Gasteiger partial charge is 0.376 e. The summed E-state index contributed by atoms with van der Waals surface area (Å²) in [5.74, 6) is 0.789. The van der Waals surface area contributed by atoms with E-state index in [2.05, 4.69) is 52.7 Å².